The zero-order chi connectivity index (χ0) is 14.7. The molecular weight excluding hydrogens is 254 g/mol. The molecule has 0 amide bonds. The number of benzene rings is 1. The van der Waals surface area contributed by atoms with E-state index in [1.165, 1.54) is 11.6 Å². The van der Waals surface area contributed by atoms with Crippen LogP contribution >= 0.6 is 0 Å². The van der Waals surface area contributed by atoms with E-state index in [0.29, 0.717) is 17.4 Å². The predicted octanol–water partition coefficient (Wildman–Crippen LogP) is 4.00. The van der Waals surface area contributed by atoms with Crippen molar-refractivity contribution in [1.29, 1.82) is 0 Å². The minimum atomic E-state index is -1.05. The van der Waals surface area contributed by atoms with Crippen molar-refractivity contribution in [1.82, 2.24) is 4.98 Å². The summed E-state index contributed by atoms with van der Waals surface area (Å²) in [5.41, 5.74) is 1.97. The SMILES string of the molecule is Cc1ccc(C(=O)O)c(Oc2ccc(C(C)C)cc2)n1. The number of ether oxygens (including phenoxy) is 1. The molecule has 0 unspecified atom stereocenters. The van der Waals surface area contributed by atoms with Gasteiger partial charge in [0.2, 0.25) is 5.88 Å². The molecule has 0 bridgehead atoms. The Kier molecular flexibility index (Phi) is 4.03. The molecule has 0 radical (unpaired) electrons. The lowest BCUT2D eigenvalue weighted by Crippen LogP contribution is -2.02. The molecule has 0 aliphatic rings. The molecule has 0 atom stereocenters. The second kappa shape index (κ2) is 5.74. The number of hydrogen-bond acceptors (Lipinski definition) is 3. The number of aromatic carboxylic acids is 1. The maximum absolute atomic E-state index is 11.1. The van der Waals surface area contributed by atoms with Gasteiger partial charge in [-0.3, -0.25) is 0 Å². The fraction of sp³-hybridized carbons (Fsp3) is 0.250. The Hall–Kier alpha value is -2.36. The van der Waals surface area contributed by atoms with Gasteiger partial charge >= 0.3 is 5.97 Å². The lowest BCUT2D eigenvalue weighted by Gasteiger charge is -2.10. The normalized spacial score (nSPS) is 10.6. The number of carboxylic acids is 1. The molecule has 1 heterocycles. The van der Waals surface area contributed by atoms with Crippen molar-refractivity contribution < 1.29 is 14.6 Å². The lowest BCUT2D eigenvalue weighted by atomic mass is 10.0. The van der Waals surface area contributed by atoms with Gasteiger partial charge in [0.05, 0.1) is 0 Å². The van der Waals surface area contributed by atoms with Gasteiger partial charge in [-0.2, -0.15) is 0 Å². The molecule has 2 aromatic rings. The standard InChI is InChI=1S/C16H17NO3/c1-10(2)12-5-7-13(8-6-12)20-15-14(16(18)19)9-4-11(3)17-15/h4-10H,1-3H3,(H,18,19). The Morgan fingerprint density at radius 3 is 2.35 bits per heavy atom. The zero-order valence-electron chi connectivity index (χ0n) is 11.8. The van der Waals surface area contributed by atoms with E-state index >= 15 is 0 Å². The first kappa shape index (κ1) is 14.1. The van der Waals surface area contributed by atoms with E-state index < -0.39 is 5.97 Å². The smallest absolute Gasteiger partial charge is 0.341 e. The van der Waals surface area contributed by atoms with Gasteiger partial charge in [-0.1, -0.05) is 26.0 Å². The maximum atomic E-state index is 11.1. The summed E-state index contributed by atoms with van der Waals surface area (Å²) in [5, 5.41) is 9.13. The van der Waals surface area contributed by atoms with Gasteiger partial charge < -0.3 is 9.84 Å². The molecule has 0 spiro atoms. The largest absolute Gasteiger partial charge is 0.477 e. The van der Waals surface area contributed by atoms with Gasteiger partial charge in [0, 0.05) is 5.69 Å². The second-order valence-electron chi connectivity index (χ2n) is 4.94. The second-order valence-corrected chi connectivity index (χ2v) is 4.94. The maximum Gasteiger partial charge on any atom is 0.341 e. The molecule has 0 aliphatic carbocycles. The highest BCUT2D eigenvalue weighted by molar-refractivity contribution is 5.90. The average molecular weight is 271 g/mol. The number of rotatable bonds is 4. The first-order chi connectivity index (χ1) is 9.47. The van der Waals surface area contributed by atoms with Gasteiger partial charge in [0.25, 0.3) is 0 Å². The van der Waals surface area contributed by atoms with Crippen LogP contribution in [-0.4, -0.2) is 16.1 Å². The monoisotopic (exact) mass is 271 g/mol. The number of carboxylic acid groups (broad SMARTS) is 1. The molecule has 1 aromatic carbocycles. The third kappa shape index (κ3) is 3.15. The Balaban J connectivity index is 2.29. The molecule has 0 saturated carbocycles. The summed E-state index contributed by atoms with van der Waals surface area (Å²) in [6, 6.07) is 10.7. The molecule has 4 heteroatoms. The number of hydrogen-bond donors (Lipinski definition) is 1. The number of pyridine rings is 1. The van der Waals surface area contributed by atoms with Gasteiger partial charge in [-0.25, -0.2) is 9.78 Å². The Labute approximate surface area is 118 Å². The number of aryl methyl sites for hydroxylation is 1. The van der Waals surface area contributed by atoms with Crippen LogP contribution in [0.5, 0.6) is 11.6 Å². The molecule has 104 valence electrons. The first-order valence-electron chi connectivity index (χ1n) is 6.46. The molecule has 1 aromatic heterocycles. The highest BCUT2D eigenvalue weighted by Crippen LogP contribution is 2.25. The van der Waals surface area contributed by atoms with E-state index in [1.54, 1.807) is 13.0 Å². The van der Waals surface area contributed by atoms with Crippen LogP contribution in [-0.2, 0) is 0 Å². The minimum absolute atomic E-state index is 0.0588. The van der Waals surface area contributed by atoms with Crippen molar-refractivity contribution in [3.05, 3.63) is 53.2 Å². The highest BCUT2D eigenvalue weighted by atomic mass is 16.5. The van der Waals surface area contributed by atoms with Crippen molar-refractivity contribution in [2.45, 2.75) is 26.7 Å². The van der Waals surface area contributed by atoms with E-state index in [9.17, 15) is 4.79 Å². The van der Waals surface area contributed by atoms with Crippen molar-refractivity contribution in [3.63, 3.8) is 0 Å². The summed E-state index contributed by atoms with van der Waals surface area (Å²) < 4.78 is 5.59. The van der Waals surface area contributed by atoms with Gasteiger partial charge in [-0.15, -0.1) is 0 Å². The number of nitrogens with zero attached hydrogens (tertiary/aromatic N) is 1. The van der Waals surface area contributed by atoms with Crippen LogP contribution in [0.1, 0.15) is 41.4 Å². The van der Waals surface area contributed by atoms with Crippen molar-refractivity contribution in [3.8, 4) is 11.6 Å². The Bertz CT molecular complexity index is 618. The summed E-state index contributed by atoms with van der Waals surface area (Å²) in [4.78, 5) is 15.3. The van der Waals surface area contributed by atoms with Gasteiger partial charge in [0.15, 0.2) is 0 Å². The summed E-state index contributed by atoms with van der Waals surface area (Å²) in [5.74, 6) is 0.0897. The first-order valence-corrected chi connectivity index (χ1v) is 6.46. The van der Waals surface area contributed by atoms with Crippen molar-refractivity contribution in [2.75, 3.05) is 0 Å². The molecule has 0 fully saturated rings. The highest BCUT2D eigenvalue weighted by Gasteiger charge is 2.14. The van der Waals surface area contributed by atoms with E-state index in [1.807, 2.05) is 24.3 Å². The van der Waals surface area contributed by atoms with Crippen LogP contribution < -0.4 is 4.74 Å². The quantitative estimate of drug-likeness (QED) is 0.912. The average Bonchev–Trinajstić information content (AvgIpc) is 2.39. The van der Waals surface area contributed by atoms with Crippen LogP contribution in [0.3, 0.4) is 0 Å². The van der Waals surface area contributed by atoms with E-state index in [0.717, 1.165) is 0 Å². The predicted molar refractivity (Wildman–Crippen MR) is 76.5 cm³/mol. The third-order valence-corrected chi connectivity index (χ3v) is 2.99. The van der Waals surface area contributed by atoms with E-state index in [-0.39, 0.29) is 11.4 Å². The van der Waals surface area contributed by atoms with Crippen LogP contribution in [0.2, 0.25) is 0 Å². The molecule has 0 aliphatic heterocycles. The molecule has 0 saturated heterocycles. The lowest BCUT2D eigenvalue weighted by molar-refractivity contribution is 0.0693. The van der Waals surface area contributed by atoms with Gasteiger partial charge in [-0.05, 0) is 42.7 Å². The summed E-state index contributed by atoms with van der Waals surface area (Å²) >= 11 is 0. The van der Waals surface area contributed by atoms with E-state index in [4.69, 9.17) is 9.84 Å². The summed E-state index contributed by atoms with van der Waals surface area (Å²) in [6.07, 6.45) is 0. The molecule has 4 nitrogen and oxygen atoms in total. The third-order valence-electron chi connectivity index (χ3n) is 2.99. The van der Waals surface area contributed by atoms with Crippen molar-refractivity contribution >= 4 is 5.97 Å². The zero-order valence-corrected chi connectivity index (χ0v) is 11.8. The molecule has 2 rings (SSSR count). The summed E-state index contributed by atoms with van der Waals surface area (Å²) in [6.45, 7) is 6.02. The van der Waals surface area contributed by atoms with E-state index in [2.05, 4.69) is 18.8 Å². The molecule has 1 N–H and O–H groups in total. The van der Waals surface area contributed by atoms with Crippen LogP contribution in [0, 0.1) is 6.92 Å². The van der Waals surface area contributed by atoms with Crippen LogP contribution in [0.4, 0.5) is 0 Å². The Morgan fingerprint density at radius 2 is 1.80 bits per heavy atom. The number of carbonyl (C=O) groups is 1. The minimum Gasteiger partial charge on any atom is -0.477 e. The van der Waals surface area contributed by atoms with Crippen molar-refractivity contribution in [2.24, 2.45) is 0 Å². The number of aromatic nitrogens is 1. The fourth-order valence-corrected chi connectivity index (χ4v) is 1.81. The van der Waals surface area contributed by atoms with Crippen LogP contribution in [0.15, 0.2) is 36.4 Å². The van der Waals surface area contributed by atoms with Crippen LogP contribution in [0.25, 0.3) is 0 Å². The summed E-state index contributed by atoms with van der Waals surface area (Å²) in [7, 11) is 0. The molecular formula is C16H17NO3. The molecule has 20 heavy (non-hydrogen) atoms. The fourth-order valence-electron chi connectivity index (χ4n) is 1.81. The topological polar surface area (TPSA) is 59.4 Å². The Morgan fingerprint density at radius 1 is 1.15 bits per heavy atom. The van der Waals surface area contributed by atoms with Gasteiger partial charge in [0.1, 0.15) is 11.3 Å².